The van der Waals surface area contributed by atoms with Gasteiger partial charge in [-0.2, -0.15) is 0 Å². The zero-order valence-corrected chi connectivity index (χ0v) is 9.82. The van der Waals surface area contributed by atoms with Crippen LogP contribution in [0, 0.1) is 6.92 Å². The van der Waals surface area contributed by atoms with E-state index in [-0.39, 0.29) is 12.0 Å². The van der Waals surface area contributed by atoms with Crippen molar-refractivity contribution in [2.45, 2.75) is 13.3 Å². The fourth-order valence-corrected chi connectivity index (χ4v) is 2.17. The van der Waals surface area contributed by atoms with Crippen molar-refractivity contribution in [1.82, 2.24) is 4.98 Å². The molecule has 0 radical (unpaired) electrons. The monoisotopic (exact) mass is 241 g/mol. The first-order chi connectivity index (χ1) is 8.69. The number of nitrogens with one attached hydrogen (secondary N) is 1. The summed E-state index contributed by atoms with van der Waals surface area (Å²) in [5, 5.41) is 1.35. The van der Waals surface area contributed by atoms with E-state index < -0.39 is 0 Å². The molecule has 4 nitrogen and oxygen atoms in total. The molecule has 0 amide bonds. The predicted molar refractivity (Wildman–Crippen MR) is 68.8 cm³/mol. The van der Waals surface area contributed by atoms with Crippen LogP contribution < -0.4 is 5.63 Å². The first kappa shape index (κ1) is 10.8. The van der Waals surface area contributed by atoms with Crippen LogP contribution in [0.1, 0.15) is 11.3 Å². The second-order valence-corrected chi connectivity index (χ2v) is 4.34. The molecule has 0 atom stereocenters. The molecule has 0 aliphatic rings. The highest BCUT2D eigenvalue weighted by Gasteiger charge is 2.10. The Kier molecular flexibility index (Phi) is 2.30. The average molecular weight is 241 g/mol. The van der Waals surface area contributed by atoms with Crippen LogP contribution >= 0.6 is 0 Å². The van der Waals surface area contributed by atoms with Gasteiger partial charge in [-0.3, -0.25) is 0 Å². The number of carbonyl (C=O) groups excluding carboxylic acids is 1. The first-order valence-electron chi connectivity index (χ1n) is 5.68. The highest BCUT2D eigenvalue weighted by molar-refractivity contribution is 6.02. The standard InChI is InChI=1S/C14H11NO3/c1-8-2-3-12-10(6-8)13-11(14(17)18-12)7-9(15-13)4-5-16/h2-3,5-7,15H,4H2,1H3. The van der Waals surface area contributed by atoms with Crippen molar-refractivity contribution in [3.8, 4) is 0 Å². The van der Waals surface area contributed by atoms with Crippen LogP contribution in [-0.2, 0) is 11.2 Å². The van der Waals surface area contributed by atoms with Gasteiger partial charge in [-0.1, -0.05) is 11.6 Å². The predicted octanol–water partition coefficient (Wildman–Crippen LogP) is 2.32. The summed E-state index contributed by atoms with van der Waals surface area (Å²) in [4.78, 5) is 25.5. The van der Waals surface area contributed by atoms with Gasteiger partial charge in [0.15, 0.2) is 0 Å². The van der Waals surface area contributed by atoms with E-state index in [1.807, 2.05) is 19.1 Å². The van der Waals surface area contributed by atoms with E-state index in [9.17, 15) is 9.59 Å². The number of carbonyl (C=O) groups is 1. The zero-order valence-electron chi connectivity index (χ0n) is 9.82. The van der Waals surface area contributed by atoms with Crippen LogP contribution in [0.25, 0.3) is 21.9 Å². The van der Waals surface area contributed by atoms with Crippen LogP contribution in [0.5, 0.6) is 0 Å². The maximum absolute atomic E-state index is 11.8. The van der Waals surface area contributed by atoms with E-state index in [0.29, 0.717) is 11.0 Å². The van der Waals surface area contributed by atoms with Gasteiger partial charge in [0, 0.05) is 17.5 Å². The Bertz CT molecular complexity index is 811. The number of hydrogen-bond donors (Lipinski definition) is 1. The summed E-state index contributed by atoms with van der Waals surface area (Å²) >= 11 is 0. The molecule has 90 valence electrons. The molecule has 3 aromatic rings. The highest BCUT2D eigenvalue weighted by atomic mass is 16.4. The Morgan fingerprint density at radius 2 is 2.11 bits per heavy atom. The van der Waals surface area contributed by atoms with E-state index in [4.69, 9.17) is 4.42 Å². The lowest BCUT2D eigenvalue weighted by molar-refractivity contribution is -0.107. The minimum Gasteiger partial charge on any atom is -0.422 e. The van der Waals surface area contributed by atoms with Gasteiger partial charge >= 0.3 is 5.63 Å². The minimum absolute atomic E-state index is 0.265. The molecule has 4 heteroatoms. The van der Waals surface area contributed by atoms with Crippen molar-refractivity contribution >= 4 is 28.2 Å². The summed E-state index contributed by atoms with van der Waals surface area (Å²) < 4.78 is 5.26. The van der Waals surface area contributed by atoms with Crippen LogP contribution in [0.2, 0.25) is 0 Å². The van der Waals surface area contributed by atoms with Crippen molar-refractivity contribution in [2.75, 3.05) is 0 Å². The van der Waals surface area contributed by atoms with Gasteiger partial charge < -0.3 is 14.2 Å². The van der Waals surface area contributed by atoms with Gasteiger partial charge in [0.2, 0.25) is 0 Å². The van der Waals surface area contributed by atoms with Crippen molar-refractivity contribution in [2.24, 2.45) is 0 Å². The van der Waals surface area contributed by atoms with E-state index in [1.54, 1.807) is 12.1 Å². The summed E-state index contributed by atoms with van der Waals surface area (Å²) in [5.74, 6) is 0. The number of hydrogen-bond acceptors (Lipinski definition) is 3. The quantitative estimate of drug-likeness (QED) is 0.553. The molecule has 0 saturated heterocycles. The topological polar surface area (TPSA) is 63.1 Å². The molecular formula is C14H11NO3. The summed E-state index contributed by atoms with van der Waals surface area (Å²) in [6, 6.07) is 7.32. The number of H-pyrrole nitrogens is 1. The summed E-state index contributed by atoms with van der Waals surface area (Å²) in [6.45, 7) is 1.98. The Hall–Kier alpha value is -2.36. The minimum atomic E-state index is -0.380. The van der Waals surface area contributed by atoms with Crippen LogP contribution in [-0.4, -0.2) is 11.3 Å². The molecule has 0 unspecified atom stereocenters. The van der Waals surface area contributed by atoms with Crippen molar-refractivity contribution in [3.05, 3.63) is 45.9 Å². The Morgan fingerprint density at radius 1 is 1.28 bits per heavy atom. The summed E-state index contributed by atoms with van der Waals surface area (Å²) in [5.41, 5.74) is 2.72. The third kappa shape index (κ3) is 1.54. The van der Waals surface area contributed by atoms with Crippen LogP contribution in [0.3, 0.4) is 0 Å². The number of benzene rings is 1. The van der Waals surface area contributed by atoms with Gasteiger partial charge in [-0.25, -0.2) is 4.79 Å². The van der Waals surface area contributed by atoms with Crippen LogP contribution in [0.15, 0.2) is 33.5 Å². The van der Waals surface area contributed by atoms with Gasteiger partial charge in [-0.05, 0) is 25.1 Å². The maximum Gasteiger partial charge on any atom is 0.345 e. The highest BCUT2D eigenvalue weighted by Crippen LogP contribution is 2.23. The lowest BCUT2D eigenvalue weighted by Crippen LogP contribution is -1.97. The third-order valence-corrected chi connectivity index (χ3v) is 3.00. The SMILES string of the molecule is Cc1ccc2oc(=O)c3cc(CC=O)[nH]c3c2c1. The fraction of sp³-hybridized carbons (Fsp3) is 0.143. The van der Waals surface area contributed by atoms with E-state index in [1.165, 1.54) is 0 Å². The first-order valence-corrected chi connectivity index (χ1v) is 5.68. The number of rotatable bonds is 2. The molecule has 2 heterocycles. The molecule has 0 aliphatic carbocycles. The zero-order chi connectivity index (χ0) is 12.7. The third-order valence-electron chi connectivity index (χ3n) is 3.00. The summed E-state index contributed by atoms with van der Waals surface area (Å²) in [6.07, 6.45) is 1.07. The van der Waals surface area contributed by atoms with Gasteiger partial charge in [0.1, 0.15) is 11.9 Å². The Labute approximate surface area is 102 Å². The maximum atomic E-state index is 11.8. The Morgan fingerprint density at radius 3 is 2.89 bits per heavy atom. The van der Waals surface area contributed by atoms with E-state index in [0.717, 1.165) is 28.4 Å². The van der Waals surface area contributed by atoms with Crippen LogP contribution in [0.4, 0.5) is 0 Å². The molecule has 0 bridgehead atoms. The normalized spacial score (nSPS) is 11.2. The molecular weight excluding hydrogens is 230 g/mol. The van der Waals surface area contributed by atoms with E-state index in [2.05, 4.69) is 4.98 Å². The average Bonchev–Trinajstić information content (AvgIpc) is 2.76. The smallest absolute Gasteiger partial charge is 0.345 e. The number of aromatic amines is 1. The molecule has 2 aromatic heterocycles. The number of aldehydes is 1. The van der Waals surface area contributed by atoms with Gasteiger partial charge in [0.25, 0.3) is 0 Å². The Balaban J connectivity index is 2.46. The molecule has 3 rings (SSSR count). The molecule has 0 fully saturated rings. The molecule has 0 saturated carbocycles. The van der Waals surface area contributed by atoms with Gasteiger partial charge in [0.05, 0.1) is 10.9 Å². The fourth-order valence-electron chi connectivity index (χ4n) is 2.17. The van der Waals surface area contributed by atoms with Crippen molar-refractivity contribution in [3.63, 3.8) is 0 Å². The number of fused-ring (bicyclic) bond motifs is 3. The second kappa shape index (κ2) is 3.84. The van der Waals surface area contributed by atoms with Gasteiger partial charge in [-0.15, -0.1) is 0 Å². The second-order valence-electron chi connectivity index (χ2n) is 4.34. The number of aromatic nitrogens is 1. The summed E-state index contributed by atoms with van der Waals surface area (Å²) in [7, 11) is 0. The van der Waals surface area contributed by atoms with E-state index >= 15 is 0 Å². The van der Waals surface area contributed by atoms with Crippen molar-refractivity contribution in [1.29, 1.82) is 0 Å². The molecule has 1 N–H and O–H groups in total. The lowest BCUT2D eigenvalue weighted by Gasteiger charge is -1.99. The molecule has 18 heavy (non-hydrogen) atoms. The molecule has 0 aliphatic heterocycles. The molecule has 0 spiro atoms. The number of aryl methyl sites for hydroxylation is 1. The lowest BCUT2D eigenvalue weighted by atomic mass is 10.1. The van der Waals surface area contributed by atoms with Crippen molar-refractivity contribution < 1.29 is 9.21 Å². The molecule has 1 aromatic carbocycles. The largest absolute Gasteiger partial charge is 0.422 e.